The number of nitrogens with zero attached hydrogens (tertiary/aromatic N) is 1. The lowest BCUT2D eigenvalue weighted by Gasteiger charge is -2.33. The Bertz CT molecular complexity index is 631. The number of nitro benzene ring substituents is 1. The van der Waals surface area contributed by atoms with Gasteiger partial charge in [0.1, 0.15) is 5.54 Å². The topological polar surface area (TPSA) is 110 Å². The minimum atomic E-state index is -1.31. The van der Waals surface area contributed by atoms with E-state index in [0.717, 1.165) is 12.1 Å². The highest BCUT2D eigenvalue weighted by Crippen LogP contribution is 2.29. The number of nitrogens with one attached hydrogen (secondary N) is 1. The van der Waals surface area contributed by atoms with Crippen LogP contribution in [-0.2, 0) is 4.79 Å². The number of nitro groups is 1. The molecule has 22 heavy (non-hydrogen) atoms. The van der Waals surface area contributed by atoms with Gasteiger partial charge in [-0.1, -0.05) is 11.6 Å². The molecule has 1 saturated heterocycles. The van der Waals surface area contributed by atoms with Crippen LogP contribution < -0.4 is 5.32 Å². The van der Waals surface area contributed by atoms with Crippen molar-refractivity contribution >= 4 is 40.9 Å². The van der Waals surface area contributed by atoms with Gasteiger partial charge in [-0.25, -0.2) is 4.79 Å². The summed E-state index contributed by atoms with van der Waals surface area (Å²) in [6.45, 7) is 0. The van der Waals surface area contributed by atoms with Crippen molar-refractivity contribution in [2.45, 2.75) is 18.4 Å². The smallest absolute Gasteiger partial charge is 0.329 e. The van der Waals surface area contributed by atoms with E-state index >= 15 is 0 Å². The highest BCUT2D eigenvalue weighted by atomic mass is 35.5. The number of carbonyl (C=O) groups is 2. The fourth-order valence-electron chi connectivity index (χ4n) is 2.20. The number of non-ortho nitro benzene ring substituents is 1. The molecule has 9 heteroatoms. The molecule has 1 aliphatic rings. The third-order valence-corrected chi connectivity index (χ3v) is 4.81. The monoisotopic (exact) mass is 344 g/mol. The molecule has 2 N–H and O–H groups in total. The van der Waals surface area contributed by atoms with Crippen LogP contribution in [0.1, 0.15) is 23.2 Å². The van der Waals surface area contributed by atoms with Crippen molar-refractivity contribution in [1.29, 1.82) is 0 Å². The van der Waals surface area contributed by atoms with E-state index in [1.165, 1.54) is 6.07 Å². The SMILES string of the molecule is O=C(NC1(C(=O)O)CCSCC1)c1ccc([N+](=O)[O-])cc1Cl. The summed E-state index contributed by atoms with van der Waals surface area (Å²) < 4.78 is 0. The molecule has 0 unspecified atom stereocenters. The molecular weight excluding hydrogens is 332 g/mol. The van der Waals surface area contributed by atoms with Crippen molar-refractivity contribution in [2.24, 2.45) is 0 Å². The third-order valence-electron chi connectivity index (χ3n) is 3.52. The fraction of sp³-hybridized carbons (Fsp3) is 0.385. The van der Waals surface area contributed by atoms with Crippen LogP contribution in [0.4, 0.5) is 5.69 Å². The second-order valence-corrected chi connectivity index (χ2v) is 6.51. The Morgan fingerprint density at radius 2 is 2.00 bits per heavy atom. The van der Waals surface area contributed by atoms with Gasteiger partial charge in [0, 0.05) is 12.1 Å². The Labute approximate surface area is 135 Å². The van der Waals surface area contributed by atoms with Gasteiger partial charge >= 0.3 is 5.97 Å². The van der Waals surface area contributed by atoms with Crippen LogP contribution in [-0.4, -0.2) is 39.0 Å². The summed E-state index contributed by atoms with van der Waals surface area (Å²) >= 11 is 7.52. The largest absolute Gasteiger partial charge is 0.480 e. The molecule has 0 radical (unpaired) electrons. The standard InChI is InChI=1S/C13H13ClN2O5S/c14-10-7-8(16(20)21)1-2-9(10)11(17)15-13(12(18)19)3-5-22-6-4-13/h1-2,7H,3-6H2,(H,15,17)(H,18,19). The molecule has 0 aromatic heterocycles. The van der Waals surface area contributed by atoms with Crippen LogP contribution in [0.2, 0.25) is 5.02 Å². The van der Waals surface area contributed by atoms with E-state index in [9.17, 15) is 24.8 Å². The molecule has 118 valence electrons. The summed E-state index contributed by atoms with van der Waals surface area (Å²) in [5, 5.41) is 22.5. The minimum absolute atomic E-state index is 0.0196. The Morgan fingerprint density at radius 3 is 2.50 bits per heavy atom. The lowest BCUT2D eigenvalue weighted by atomic mass is 9.92. The van der Waals surface area contributed by atoms with E-state index in [1.54, 1.807) is 11.8 Å². The number of aliphatic carboxylic acids is 1. The fourth-order valence-corrected chi connectivity index (χ4v) is 3.65. The Kier molecular flexibility index (Phi) is 4.92. The molecule has 0 aliphatic carbocycles. The summed E-state index contributed by atoms with van der Waals surface area (Å²) in [7, 11) is 0. The first-order chi connectivity index (χ1) is 10.4. The quantitative estimate of drug-likeness (QED) is 0.640. The molecule has 0 spiro atoms. The third kappa shape index (κ3) is 3.33. The molecule has 0 saturated carbocycles. The second kappa shape index (κ2) is 6.53. The van der Waals surface area contributed by atoms with Crippen LogP contribution in [0.3, 0.4) is 0 Å². The van der Waals surface area contributed by atoms with Crippen molar-refractivity contribution in [3.63, 3.8) is 0 Å². The maximum Gasteiger partial charge on any atom is 0.329 e. The molecule has 7 nitrogen and oxygen atoms in total. The Balaban J connectivity index is 2.24. The van der Waals surface area contributed by atoms with Gasteiger partial charge in [-0.05, 0) is 30.4 Å². The molecule has 1 fully saturated rings. The van der Waals surface area contributed by atoms with E-state index in [4.69, 9.17) is 11.6 Å². The van der Waals surface area contributed by atoms with Crippen molar-refractivity contribution in [1.82, 2.24) is 5.32 Å². The number of amides is 1. The maximum absolute atomic E-state index is 12.3. The highest BCUT2D eigenvalue weighted by Gasteiger charge is 2.41. The Morgan fingerprint density at radius 1 is 1.36 bits per heavy atom. The molecule has 1 aromatic rings. The number of carboxylic acid groups (broad SMARTS) is 1. The van der Waals surface area contributed by atoms with Crippen LogP contribution in [0.5, 0.6) is 0 Å². The lowest BCUT2D eigenvalue weighted by Crippen LogP contribution is -2.56. The summed E-state index contributed by atoms with van der Waals surface area (Å²) in [4.78, 5) is 33.9. The zero-order valence-electron chi connectivity index (χ0n) is 11.4. The predicted octanol–water partition coefficient (Wildman–Crippen LogP) is 2.33. The number of hydrogen-bond donors (Lipinski definition) is 2. The average Bonchev–Trinajstić information content (AvgIpc) is 2.47. The average molecular weight is 345 g/mol. The predicted molar refractivity (Wildman–Crippen MR) is 82.5 cm³/mol. The van der Waals surface area contributed by atoms with Gasteiger partial charge in [-0.2, -0.15) is 11.8 Å². The number of rotatable bonds is 4. The number of halogens is 1. The summed E-state index contributed by atoms with van der Waals surface area (Å²) in [5.74, 6) is -0.449. The number of benzene rings is 1. The molecule has 1 aromatic carbocycles. The summed E-state index contributed by atoms with van der Waals surface area (Å²) in [5.41, 5.74) is -1.53. The van der Waals surface area contributed by atoms with Gasteiger partial charge < -0.3 is 10.4 Å². The van der Waals surface area contributed by atoms with E-state index in [0.29, 0.717) is 24.3 Å². The molecule has 1 aliphatic heterocycles. The van der Waals surface area contributed by atoms with Gasteiger partial charge in [-0.3, -0.25) is 14.9 Å². The van der Waals surface area contributed by atoms with Crippen molar-refractivity contribution in [3.8, 4) is 0 Å². The summed E-state index contributed by atoms with van der Waals surface area (Å²) in [6.07, 6.45) is 0.646. The first kappa shape index (κ1) is 16.6. The second-order valence-electron chi connectivity index (χ2n) is 4.88. The number of carbonyl (C=O) groups excluding carboxylic acids is 1. The van der Waals surface area contributed by atoms with E-state index in [1.807, 2.05) is 0 Å². The van der Waals surface area contributed by atoms with Crippen LogP contribution >= 0.6 is 23.4 Å². The lowest BCUT2D eigenvalue weighted by molar-refractivity contribution is -0.384. The molecule has 2 rings (SSSR count). The molecule has 1 amide bonds. The highest BCUT2D eigenvalue weighted by molar-refractivity contribution is 7.99. The van der Waals surface area contributed by atoms with E-state index < -0.39 is 22.3 Å². The normalized spacial score (nSPS) is 16.8. The first-order valence-corrected chi connectivity index (χ1v) is 7.96. The Hall–Kier alpha value is -1.80. The zero-order chi connectivity index (χ0) is 16.3. The molecule has 1 heterocycles. The van der Waals surface area contributed by atoms with Crippen LogP contribution in [0.15, 0.2) is 18.2 Å². The maximum atomic E-state index is 12.3. The van der Waals surface area contributed by atoms with Gasteiger partial charge in [0.05, 0.1) is 15.5 Å². The van der Waals surface area contributed by atoms with Crippen molar-refractivity contribution < 1.29 is 19.6 Å². The van der Waals surface area contributed by atoms with Gasteiger partial charge in [-0.15, -0.1) is 0 Å². The van der Waals surface area contributed by atoms with Gasteiger partial charge in [0.15, 0.2) is 0 Å². The summed E-state index contributed by atoms with van der Waals surface area (Å²) in [6, 6.07) is 3.45. The van der Waals surface area contributed by atoms with Crippen LogP contribution in [0.25, 0.3) is 0 Å². The molecule has 0 bridgehead atoms. The first-order valence-electron chi connectivity index (χ1n) is 6.43. The number of hydrogen-bond acceptors (Lipinski definition) is 5. The zero-order valence-corrected chi connectivity index (χ0v) is 12.9. The van der Waals surface area contributed by atoms with Crippen molar-refractivity contribution in [3.05, 3.63) is 38.9 Å². The minimum Gasteiger partial charge on any atom is -0.480 e. The van der Waals surface area contributed by atoms with Crippen molar-refractivity contribution in [2.75, 3.05) is 11.5 Å². The van der Waals surface area contributed by atoms with Crippen LogP contribution in [0, 0.1) is 10.1 Å². The van der Waals surface area contributed by atoms with Gasteiger partial charge in [0.25, 0.3) is 11.6 Å². The van der Waals surface area contributed by atoms with E-state index in [-0.39, 0.29) is 16.3 Å². The molecular formula is C13H13ClN2O5S. The van der Waals surface area contributed by atoms with Gasteiger partial charge in [0.2, 0.25) is 0 Å². The molecule has 0 atom stereocenters. The number of thioether (sulfide) groups is 1. The van der Waals surface area contributed by atoms with E-state index in [2.05, 4.69) is 5.32 Å². The number of carboxylic acids is 1.